The first-order valence-electron chi connectivity index (χ1n) is 8.44. The van der Waals surface area contributed by atoms with E-state index < -0.39 is 11.1 Å². The predicted octanol–water partition coefficient (Wildman–Crippen LogP) is 4.05. The van der Waals surface area contributed by atoms with Crippen molar-refractivity contribution in [1.29, 1.82) is 0 Å². The van der Waals surface area contributed by atoms with E-state index in [1.54, 1.807) is 0 Å². The Bertz CT molecular complexity index is 698. The highest BCUT2D eigenvalue weighted by Gasteiger charge is 2.61. The summed E-state index contributed by atoms with van der Waals surface area (Å²) in [6.07, 6.45) is 3.75. The second kappa shape index (κ2) is 4.41. The lowest BCUT2D eigenvalue weighted by Gasteiger charge is -2.34. The first-order valence-corrected chi connectivity index (χ1v) is 8.82. The number of hydrogen-bond donors (Lipinski definition) is 0. The van der Waals surface area contributed by atoms with Crippen LogP contribution in [-0.2, 0) is 4.79 Å². The maximum absolute atomic E-state index is 14.5. The Kier molecular flexibility index (Phi) is 2.70. The first-order chi connectivity index (χ1) is 11.0. The van der Waals surface area contributed by atoms with Crippen LogP contribution in [0.4, 0.5) is 4.39 Å². The molecule has 5 heteroatoms. The van der Waals surface area contributed by atoms with Gasteiger partial charge in [-0.25, -0.2) is 4.39 Å². The molecule has 1 aromatic rings. The number of carbonyl (C=O) groups is 1. The first kappa shape index (κ1) is 14.1. The maximum atomic E-state index is 14.5. The molecule has 0 N–H and O–H groups in total. The Labute approximate surface area is 139 Å². The second-order valence-electron chi connectivity index (χ2n) is 7.74. The number of amides is 1. The van der Waals surface area contributed by atoms with Gasteiger partial charge in [0.15, 0.2) is 0 Å². The SMILES string of the molecule is O=C(N1C[C@@H]2C[C@H]1c1cc(Cl)ccc1O2)C12CCC(F)(CC1)C2. The van der Waals surface area contributed by atoms with Crippen molar-refractivity contribution in [3.05, 3.63) is 28.8 Å². The number of nitrogens with zero attached hydrogens (tertiary/aromatic N) is 1. The van der Waals surface area contributed by atoms with E-state index in [-0.39, 0.29) is 18.1 Å². The summed E-state index contributed by atoms with van der Waals surface area (Å²) in [5.74, 6) is 0.972. The van der Waals surface area contributed by atoms with Gasteiger partial charge in [0.25, 0.3) is 0 Å². The Morgan fingerprint density at radius 2 is 2.09 bits per heavy atom. The molecule has 0 radical (unpaired) electrons. The molecule has 0 spiro atoms. The summed E-state index contributed by atoms with van der Waals surface area (Å²) in [6, 6.07) is 5.64. The zero-order chi connectivity index (χ0) is 15.8. The minimum absolute atomic E-state index is 0.0273. The molecule has 1 amide bonds. The topological polar surface area (TPSA) is 29.5 Å². The fraction of sp³-hybridized carbons (Fsp3) is 0.611. The Morgan fingerprint density at radius 3 is 2.78 bits per heavy atom. The number of halogens is 2. The minimum atomic E-state index is -1.10. The van der Waals surface area contributed by atoms with Crippen molar-refractivity contribution in [3.8, 4) is 5.75 Å². The van der Waals surface area contributed by atoms with Crippen molar-refractivity contribution in [2.45, 2.75) is 56.3 Å². The van der Waals surface area contributed by atoms with E-state index in [0.717, 1.165) is 17.7 Å². The van der Waals surface area contributed by atoms with Gasteiger partial charge in [-0.3, -0.25) is 4.79 Å². The molecule has 3 nitrogen and oxygen atoms in total. The molecular weight excluding hydrogens is 317 g/mol. The second-order valence-corrected chi connectivity index (χ2v) is 8.18. The number of hydrogen-bond acceptors (Lipinski definition) is 2. The van der Waals surface area contributed by atoms with Crippen LogP contribution in [0.15, 0.2) is 18.2 Å². The molecule has 2 atom stereocenters. The van der Waals surface area contributed by atoms with E-state index in [9.17, 15) is 9.18 Å². The molecule has 2 aliphatic carbocycles. The number of carbonyl (C=O) groups excluding carboxylic acids is 1. The molecule has 2 heterocycles. The summed E-state index contributed by atoms with van der Waals surface area (Å²) in [5.41, 5.74) is -0.564. The molecular formula is C18H19ClFNO2. The van der Waals surface area contributed by atoms with E-state index in [2.05, 4.69) is 0 Å². The Hall–Kier alpha value is -1.29. The monoisotopic (exact) mass is 335 g/mol. The molecule has 5 rings (SSSR count). The van der Waals surface area contributed by atoms with E-state index in [4.69, 9.17) is 16.3 Å². The Morgan fingerprint density at radius 1 is 1.30 bits per heavy atom. The zero-order valence-electron chi connectivity index (χ0n) is 12.9. The third kappa shape index (κ3) is 1.90. The zero-order valence-corrected chi connectivity index (χ0v) is 13.6. The van der Waals surface area contributed by atoms with Crippen molar-refractivity contribution in [1.82, 2.24) is 4.90 Å². The van der Waals surface area contributed by atoms with E-state index in [0.29, 0.717) is 43.7 Å². The molecule has 122 valence electrons. The number of likely N-dealkylation sites (tertiary alicyclic amines) is 1. The third-order valence-electron chi connectivity index (χ3n) is 6.36. The van der Waals surface area contributed by atoms with Gasteiger partial charge in [0.2, 0.25) is 5.91 Å². The summed E-state index contributed by atoms with van der Waals surface area (Å²) in [7, 11) is 0. The molecule has 0 aromatic heterocycles. The molecule has 4 bridgehead atoms. The van der Waals surface area contributed by atoms with Gasteiger partial charge in [-0.1, -0.05) is 11.6 Å². The molecule has 3 fully saturated rings. The smallest absolute Gasteiger partial charge is 0.229 e. The quantitative estimate of drug-likeness (QED) is 0.775. The average molecular weight is 336 g/mol. The molecule has 23 heavy (non-hydrogen) atoms. The Balaban J connectivity index is 1.50. The van der Waals surface area contributed by atoms with Crippen molar-refractivity contribution < 1.29 is 13.9 Å². The summed E-state index contributed by atoms with van der Waals surface area (Å²) in [5, 5.41) is 0.660. The molecule has 2 saturated carbocycles. The van der Waals surface area contributed by atoms with Crippen LogP contribution >= 0.6 is 11.6 Å². The molecule has 0 unspecified atom stereocenters. The lowest BCUT2D eigenvalue weighted by Crippen LogP contribution is -2.41. The highest BCUT2D eigenvalue weighted by molar-refractivity contribution is 6.30. The number of alkyl halides is 1. The van der Waals surface area contributed by atoms with Crippen LogP contribution in [0, 0.1) is 5.41 Å². The summed E-state index contributed by atoms with van der Waals surface area (Å²) >= 11 is 6.14. The van der Waals surface area contributed by atoms with E-state index in [1.165, 1.54) is 0 Å². The third-order valence-corrected chi connectivity index (χ3v) is 6.60. The summed E-state index contributed by atoms with van der Waals surface area (Å²) < 4.78 is 20.5. The number of benzene rings is 1. The van der Waals surface area contributed by atoms with Crippen LogP contribution in [0.5, 0.6) is 5.75 Å². The van der Waals surface area contributed by atoms with Crippen LogP contribution in [-0.4, -0.2) is 29.1 Å². The lowest BCUT2D eigenvalue weighted by molar-refractivity contribution is -0.142. The van der Waals surface area contributed by atoms with Gasteiger partial charge in [-0.05, 0) is 50.3 Å². The maximum Gasteiger partial charge on any atom is 0.229 e. The highest BCUT2D eigenvalue weighted by Crippen LogP contribution is 2.60. The molecule has 4 aliphatic rings. The average Bonchev–Trinajstić information content (AvgIpc) is 3.17. The van der Waals surface area contributed by atoms with E-state index >= 15 is 0 Å². The molecule has 2 aliphatic heterocycles. The van der Waals surface area contributed by atoms with E-state index in [1.807, 2.05) is 23.1 Å². The van der Waals surface area contributed by atoms with Crippen LogP contribution < -0.4 is 4.74 Å². The number of rotatable bonds is 1. The predicted molar refractivity (Wildman–Crippen MR) is 84.3 cm³/mol. The van der Waals surface area contributed by atoms with Gasteiger partial charge in [-0.15, -0.1) is 0 Å². The van der Waals surface area contributed by atoms with Gasteiger partial charge in [0.1, 0.15) is 17.5 Å². The van der Waals surface area contributed by atoms with Crippen LogP contribution in [0.1, 0.15) is 50.1 Å². The van der Waals surface area contributed by atoms with Gasteiger partial charge in [0.05, 0.1) is 18.0 Å². The fourth-order valence-electron chi connectivity index (χ4n) is 5.20. The molecule has 1 aromatic carbocycles. The summed E-state index contributed by atoms with van der Waals surface area (Å²) in [6.45, 7) is 0.608. The van der Waals surface area contributed by atoms with Crippen LogP contribution in [0.25, 0.3) is 0 Å². The van der Waals surface area contributed by atoms with Gasteiger partial charge >= 0.3 is 0 Å². The van der Waals surface area contributed by atoms with Crippen LogP contribution in [0.2, 0.25) is 5.02 Å². The number of ether oxygens (including phenoxy) is 1. The lowest BCUT2D eigenvalue weighted by atomic mass is 9.82. The summed E-state index contributed by atoms with van der Waals surface area (Å²) in [4.78, 5) is 15.2. The minimum Gasteiger partial charge on any atom is -0.488 e. The largest absolute Gasteiger partial charge is 0.488 e. The number of fused-ring (bicyclic) bond motifs is 6. The van der Waals surface area contributed by atoms with Crippen molar-refractivity contribution in [3.63, 3.8) is 0 Å². The fourth-order valence-corrected chi connectivity index (χ4v) is 5.38. The van der Waals surface area contributed by atoms with Crippen molar-refractivity contribution >= 4 is 17.5 Å². The van der Waals surface area contributed by atoms with Gasteiger partial charge in [0, 0.05) is 17.0 Å². The highest BCUT2D eigenvalue weighted by atomic mass is 35.5. The standard InChI is InChI=1S/C18H19ClFNO2/c19-11-1-2-15-13(7-11)14-8-12(23-15)9-21(14)16(22)17-3-5-18(20,10-17)6-4-17/h1-2,7,12,14H,3-6,8-10H2/t12-,14-,17?,18?/m0/s1. The van der Waals surface area contributed by atoms with Gasteiger partial charge < -0.3 is 9.64 Å². The van der Waals surface area contributed by atoms with Crippen molar-refractivity contribution in [2.24, 2.45) is 5.41 Å². The van der Waals surface area contributed by atoms with Gasteiger partial charge in [-0.2, -0.15) is 0 Å². The molecule has 1 saturated heterocycles. The van der Waals surface area contributed by atoms with Crippen LogP contribution in [0.3, 0.4) is 0 Å². The normalized spacial score (nSPS) is 40.2. The van der Waals surface area contributed by atoms with Crippen molar-refractivity contribution in [2.75, 3.05) is 6.54 Å².